The number of nitrogens with one attached hydrogen (secondary N) is 1. The van der Waals surface area contributed by atoms with E-state index in [0.29, 0.717) is 17.9 Å². The van der Waals surface area contributed by atoms with E-state index in [1.165, 1.54) is 18.7 Å². The molecule has 0 atom stereocenters. The molecule has 2 amide bonds. The molecule has 1 aliphatic heterocycles. The fraction of sp³-hybridized carbons (Fsp3) is 0.231. The SMILES string of the molecule is CCOc1ccc2c(c1)Sc1ccc(C(=O)NCc3ccc(S(=O)(=O)CC)cc3)cc1N2C(C)=O. The van der Waals surface area contributed by atoms with Crippen LogP contribution in [-0.2, 0) is 21.2 Å². The molecule has 0 aliphatic carbocycles. The summed E-state index contributed by atoms with van der Waals surface area (Å²) in [5, 5.41) is 2.86. The van der Waals surface area contributed by atoms with Gasteiger partial charge in [-0.1, -0.05) is 30.8 Å². The van der Waals surface area contributed by atoms with Gasteiger partial charge in [0.05, 0.1) is 28.6 Å². The van der Waals surface area contributed by atoms with Crippen LogP contribution in [0.4, 0.5) is 11.4 Å². The molecule has 9 heteroatoms. The lowest BCUT2D eigenvalue weighted by Crippen LogP contribution is -2.27. The van der Waals surface area contributed by atoms with Crippen LogP contribution in [0.3, 0.4) is 0 Å². The fourth-order valence-electron chi connectivity index (χ4n) is 3.79. The first-order valence-corrected chi connectivity index (χ1v) is 13.7. The largest absolute Gasteiger partial charge is 0.494 e. The minimum atomic E-state index is -3.27. The van der Waals surface area contributed by atoms with Crippen molar-refractivity contribution in [2.45, 2.75) is 42.0 Å². The lowest BCUT2D eigenvalue weighted by molar-refractivity contribution is -0.115. The lowest BCUT2D eigenvalue weighted by Gasteiger charge is -2.31. The maximum absolute atomic E-state index is 12.9. The van der Waals surface area contributed by atoms with Crippen molar-refractivity contribution in [3.05, 3.63) is 71.8 Å². The summed E-state index contributed by atoms with van der Waals surface area (Å²) >= 11 is 1.52. The topological polar surface area (TPSA) is 92.8 Å². The molecule has 35 heavy (non-hydrogen) atoms. The van der Waals surface area contributed by atoms with Crippen LogP contribution in [0.25, 0.3) is 0 Å². The molecule has 0 spiro atoms. The molecule has 0 aromatic heterocycles. The van der Waals surface area contributed by atoms with E-state index in [1.807, 2.05) is 31.2 Å². The van der Waals surface area contributed by atoms with Crippen LogP contribution in [0.15, 0.2) is 75.4 Å². The van der Waals surface area contributed by atoms with E-state index in [-0.39, 0.29) is 29.0 Å². The number of ether oxygens (including phenoxy) is 1. The number of carbonyl (C=O) groups is 2. The van der Waals surface area contributed by atoms with Gasteiger partial charge in [0.25, 0.3) is 5.91 Å². The Morgan fingerprint density at radius 2 is 1.69 bits per heavy atom. The summed E-state index contributed by atoms with van der Waals surface area (Å²) in [5.41, 5.74) is 2.61. The Hall–Kier alpha value is -3.30. The smallest absolute Gasteiger partial charge is 0.251 e. The third-order valence-corrected chi connectivity index (χ3v) is 8.46. The highest BCUT2D eigenvalue weighted by Gasteiger charge is 2.27. The van der Waals surface area contributed by atoms with Crippen molar-refractivity contribution >= 4 is 44.8 Å². The van der Waals surface area contributed by atoms with E-state index in [4.69, 9.17) is 4.74 Å². The average Bonchev–Trinajstić information content (AvgIpc) is 2.85. The van der Waals surface area contributed by atoms with Crippen molar-refractivity contribution in [1.82, 2.24) is 5.32 Å². The van der Waals surface area contributed by atoms with Crippen LogP contribution in [0.2, 0.25) is 0 Å². The van der Waals surface area contributed by atoms with Gasteiger partial charge in [-0.25, -0.2) is 8.42 Å². The first kappa shape index (κ1) is 24.8. The zero-order valence-electron chi connectivity index (χ0n) is 19.7. The molecule has 1 heterocycles. The molecular weight excluding hydrogens is 484 g/mol. The zero-order valence-corrected chi connectivity index (χ0v) is 21.3. The van der Waals surface area contributed by atoms with Crippen molar-refractivity contribution in [2.24, 2.45) is 0 Å². The van der Waals surface area contributed by atoms with Crippen molar-refractivity contribution in [3.63, 3.8) is 0 Å². The quantitative estimate of drug-likeness (QED) is 0.483. The van der Waals surface area contributed by atoms with Crippen molar-refractivity contribution in [1.29, 1.82) is 0 Å². The lowest BCUT2D eigenvalue weighted by atomic mass is 10.1. The maximum atomic E-state index is 12.9. The number of anilines is 2. The standard InChI is InChI=1S/C26H26N2O5S2/c1-4-33-20-9-12-22-25(15-20)34-24-13-8-19(14-23(24)28(22)17(3)29)26(30)27-16-18-6-10-21(11-7-18)35(31,32)5-2/h6-15H,4-5,16H2,1-3H3,(H,27,30). The number of sulfone groups is 1. The van der Waals surface area contributed by atoms with Gasteiger partial charge in [0.15, 0.2) is 9.84 Å². The number of rotatable bonds is 7. The molecule has 0 saturated carbocycles. The third-order valence-electron chi connectivity index (χ3n) is 5.60. The fourth-order valence-corrected chi connectivity index (χ4v) is 5.74. The summed E-state index contributed by atoms with van der Waals surface area (Å²) in [6.07, 6.45) is 0. The van der Waals surface area contributed by atoms with Gasteiger partial charge in [-0.15, -0.1) is 0 Å². The minimum Gasteiger partial charge on any atom is -0.494 e. The predicted octanol–water partition coefficient (Wildman–Crippen LogP) is 4.96. The van der Waals surface area contributed by atoms with Crippen LogP contribution in [-0.4, -0.2) is 32.6 Å². The monoisotopic (exact) mass is 510 g/mol. The van der Waals surface area contributed by atoms with E-state index >= 15 is 0 Å². The van der Waals surface area contributed by atoms with E-state index in [2.05, 4.69) is 5.32 Å². The highest BCUT2D eigenvalue weighted by atomic mass is 32.2. The number of carbonyl (C=O) groups excluding carboxylic acids is 2. The van der Waals surface area contributed by atoms with Crippen LogP contribution >= 0.6 is 11.8 Å². The first-order valence-electron chi connectivity index (χ1n) is 11.2. The Labute approximate surface area is 209 Å². The van der Waals surface area contributed by atoms with Crippen molar-refractivity contribution in [3.8, 4) is 5.75 Å². The normalized spacial score (nSPS) is 12.5. The number of amides is 2. The number of fused-ring (bicyclic) bond motifs is 2. The maximum Gasteiger partial charge on any atom is 0.251 e. The molecule has 0 unspecified atom stereocenters. The number of hydrogen-bond acceptors (Lipinski definition) is 6. The van der Waals surface area contributed by atoms with E-state index in [0.717, 1.165) is 26.8 Å². The van der Waals surface area contributed by atoms with Crippen molar-refractivity contribution in [2.75, 3.05) is 17.3 Å². The van der Waals surface area contributed by atoms with E-state index in [1.54, 1.807) is 48.2 Å². The summed E-state index contributed by atoms with van der Waals surface area (Å²) in [6, 6.07) is 17.4. The third kappa shape index (κ3) is 5.21. The Balaban J connectivity index is 1.53. The molecule has 182 valence electrons. The van der Waals surface area contributed by atoms with Crippen LogP contribution in [0, 0.1) is 0 Å². The molecule has 4 rings (SSSR count). The second kappa shape index (κ2) is 10.1. The second-order valence-electron chi connectivity index (χ2n) is 7.93. The molecule has 0 fully saturated rings. The van der Waals surface area contributed by atoms with E-state index < -0.39 is 9.84 Å². The molecule has 1 N–H and O–H groups in total. The molecule has 0 saturated heterocycles. The van der Waals surface area contributed by atoms with Crippen LogP contribution in [0.1, 0.15) is 36.7 Å². The Kier molecular flexibility index (Phi) is 7.18. The van der Waals surface area contributed by atoms with Crippen molar-refractivity contribution < 1.29 is 22.7 Å². The Bertz CT molecular complexity index is 1390. The van der Waals surface area contributed by atoms with Gasteiger partial charge in [-0.3, -0.25) is 14.5 Å². The van der Waals surface area contributed by atoms with Crippen LogP contribution in [0.5, 0.6) is 5.75 Å². The molecular formula is C26H26N2O5S2. The molecule has 0 bridgehead atoms. The average molecular weight is 511 g/mol. The number of benzene rings is 3. The molecule has 3 aromatic rings. The highest BCUT2D eigenvalue weighted by Crippen LogP contribution is 2.49. The molecule has 3 aromatic carbocycles. The number of nitrogens with zero attached hydrogens (tertiary/aromatic N) is 1. The molecule has 0 radical (unpaired) electrons. The first-order chi connectivity index (χ1) is 16.7. The number of hydrogen-bond donors (Lipinski definition) is 1. The predicted molar refractivity (Wildman–Crippen MR) is 136 cm³/mol. The van der Waals surface area contributed by atoms with Gasteiger partial charge in [-0.05, 0) is 61.0 Å². The minimum absolute atomic E-state index is 0.0368. The second-order valence-corrected chi connectivity index (χ2v) is 11.3. The summed E-state index contributed by atoms with van der Waals surface area (Å²) < 4.78 is 29.5. The van der Waals surface area contributed by atoms with E-state index in [9.17, 15) is 18.0 Å². The summed E-state index contributed by atoms with van der Waals surface area (Å²) in [5.74, 6) is 0.331. The summed E-state index contributed by atoms with van der Waals surface area (Å²) in [6.45, 7) is 5.81. The van der Waals surface area contributed by atoms with Gasteiger partial charge in [-0.2, -0.15) is 0 Å². The van der Waals surface area contributed by atoms with Gasteiger partial charge in [0.1, 0.15) is 5.75 Å². The molecule has 1 aliphatic rings. The summed E-state index contributed by atoms with van der Waals surface area (Å²) in [7, 11) is -3.27. The van der Waals surface area contributed by atoms with Crippen LogP contribution < -0.4 is 15.0 Å². The highest BCUT2D eigenvalue weighted by molar-refractivity contribution is 7.99. The Morgan fingerprint density at radius 1 is 0.943 bits per heavy atom. The van der Waals surface area contributed by atoms with Gasteiger partial charge >= 0.3 is 0 Å². The Morgan fingerprint density at radius 3 is 2.34 bits per heavy atom. The summed E-state index contributed by atoms with van der Waals surface area (Å²) in [4.78, 5) is 29.1. The van der Waals surface area contributed by atoms with Gasteiger partial charge < -0.3 is 10.1 Å². The molecule has 7 nitrogen and oxygen atoms in total. The van der Waals surface area contributed by atoms with Gasteiger partial charge in [0, 0.05) is 28.8 Å². The van der Waals surface area contributed by atoms with Gasteiger partial charge in [0.2, 0.25) is 5.91 Å². The zero-order chi connectivity index (χ0) is 25.2.